The second-order valence-electron chi connectivity index (χ2n) is 14.1. The van der Waals surface area contributed by atoms with Crippen molar-refractivity contribution in [2.45, 2.75) is 95.9 Å². The maximum atomic E-state index is 16.2. The highest BCUT2D eigenvalue weighted by molar-refractivity contribution is 6.62. The zero-order valence-electron chi connectivity index (χ0n) is 24.0. The summed E-state index contributed by atoms with van der Waals surface area (Å²) in [7, 11) is -0.523. The maximum Gasteiger partial charge on any atom is 0.494 e. The van der Waals surface area contributed by atoms with Gasteiger partial charge in [-0.2, -0.15) is 0 Å². The lowest BCUT2D eigenvalue weighted by Gasteiger charge is -2.56. The minimum atomic E-state index is -1.07. The zero-order valence-corrected chi connectivity index (χ0v) is 24.0. The van der Waals surface area contributed by atoms with Crippen LogP contribution in [0, 0.1) is 23.1 Å². The van der Waals surface area contributed by atoms with Gasteiger partial charge in [-0.15, -0.1) is 0 Å². The standard InChI is InChI=1S/C33H38BFO5/c1-31(2)32(3,4)40-34(39-31)19-14-18-7-8-20-24-9-10-26(36)33(24,5)16-23-29-21(22(15-19)28(18)30(20)23)12-17(13-25(29)35)6-11-27(37)38/h6,11-15,20,23-24,26,30,36H,7-10,16H2,1-5H3,(H,37,38)/b11-6+/t20-,23-,24-,26-,30?,33-/m0/s1. The normalized spacial score (nSPS) is 34.5. The molecule has 7 rings (SSSR count). The monoisotopic (exact) mass is 544 g/mol. The number of aryl methyl sites for hydroxylation is 1. The second kappa shape index (κ2) is 8.53. The molecule has 0 aromatic heterocycles. The van der Waals surface area contributed by atoms with E-state index in [2.05, 4.69) is 19.1 Å². The smallest absolute Gasteiger partial charge is 0.478 e. The highest BCUT2D eigenvalue weighted by Crippen LogP contribution is 2.68. The van der Waals surface area contributed by atoms with Gasteiger partial charge in [-0.1, -0.05) is 19.1 Å². The molecule has 2 N–H and O–H groups in total. The molecule has 1 unspecified atom stereocenters. The van der Waals surface area contributed by atoms with Crippen LogP contribution in [-0.2, 0) is 20.5 Å². The fourth-order valence-corrected chi connectivity index (χ4v) is 8.96. The zero-order chi connectivity index (χ0) is 28.4. The van der Waals surface area contributed by atoms with Gasteiger partial charge in [-0.25, -0.2) is 9.18 Å². The molecule has 7 heteroatoms. The van der Waals surface area contributed by atoms with Gasteiger partial charge >= 0.3 is 13.1 Å². The summed E-state index contributed by atoms with van der Waals surface area (Å²) in [6.07, 6.45) is 6.71. The Hall–Kier alpha value is -2.48. The van der Waals surface area contributed by atoms with E-state index in [1.807, 2.05) is 33.8 Å². The third-order valence-corrected chi connectivity index (χ3v) is 11.6. The second-order valence-corrected chi connectivity index (χ2v) is 14.1. The van der Waals surface area contributed by atoms with E-state index in [-0.39, 0.29) is 29.2 Å². The Morgan fingerprint density at radius 1 is 1.00 bits per heavy atom. The lowest BCUT2D eigenvalue weighted by molar-refractivity contribution is -0.131. The van der Waals surface area contributed by atoms with Crippen LogP contribution in [-0.4, -0.2) is 40.6 Å². The predicted octanol–water partition coefficient (Wildman–Crippen LogP) is 5.81. The summed E-state index contributed by atoms with van der Waals surface area (Å²) in [5, 5.41) is 20.4. The minimum absolute atomic E-state index is 0.0271. The summed E-state index contributed by atoms with van der Waals surface area (Å²) in [6, 6.07) is 7.81. The van der Waals surface area contributed by atoms with Gasteiger partial charge in [-0.05, 0) is 146 Å². The summed E-state index contributed by atoms with van der Waals surface area (Å²) in [4.78, 5) is 11.3. The summed E-state index contributed by atoms with van der Waals surface area (Å²) in [6.45, 7) is 10.4. The molecule has 1 aliphatic heterocycles. The topological polar surface area (TPSA) is 76.0 Å². The molecule has 210 valence electrons. The first-order chi connectivity index (χ1) is 18.8. The summed E-state index contributed by atoms with van der Waals surface area (Å²) < 4.78 is 29.1. The minimum Gasteiger partial charge on any atom is -0.478 e. The van der Waals surface area contributed by atoms with Crippen LogP contribution < -0.4 is 5.46 Å². The molecule has 3 fully saturated rings. The molecule has 1 saturated heterocycles. The highest BCUT2D eigenvalue weighted by Gasteiger charge is 2.60. The van der Waals surface area contributed by atoms with Gasteiger partial charge in [0.25, 0.3) is 0 Å². The predicted molar refractivity (Wildman–Crippen MR) is 153 cm³/mol. The van der Waals surface area contributed by atoms with Gasteiger partial charge in [-0.3, -0.25) is 0 Å². The largest absolute Gasteiger partial charge is 0.494 e. The van der Waals surface area contributed by atoms with Crippen molar-refractivity contribution in [2.24, 2.45) is 17.3 Å². The third-order valence-electron chi connectivity index (χ3n) is 11.6. The van der Waals surface area contributed by atoms with E-state index in [0.29, 0.717) is 23.0 Å². The van der Waals surface area contributed by atoms with Gasteiger partial charge in [0.1, 0.15) is 5.82 Å². The number of hydrogen-bond acceptors (Lipinski definition) is 4. The van der Waals surface area contributed by atoms with Crippen molar-refractivity contribution in [3.8, 4) is 11.1 Å². The fraction of sp³-hybridized carbons (Fsp3) is 0.545. The number of carboxylic acids is 1. The lowest BCUT2D eigenvalue weighted by Crippen LogP contribution is -2.48. The van der Waals surface area contributed by atoms with Gasteiger partial charge in [0.15, 0.2) is 0 Å². The molecule has 2 aromatic rings. The number of carboxylic acid groups (broad SMARTS) is 1. The summed E-state index contributed by atoms with van der Waals surface area (Å²) in [5.41, 5.74) is 5.46. The molecule has 5 nitrogen and oxygen atoms in total. The van der Waals surface area contributed by atoms with Crippen molar-refractivity contribution in [3.63, 3.8) is 0 Å². The fourth-order valence-electron chi connectivity index (χ4n) is 8.96. The van der Waals surface area contributed by atoms with Crippen LogP contribution in [0.25, 0.3) is 17.2 Å². The molecule has 0 radical (unpaired) electrons. The van der Waals surface area contributed by atoms with Gasteiger partial charge in [0.05, 0.1) is 17.3 Å². The molecule has 2 aromatic carbocycles. The van der Waals surface area contributed by atoms with Crippen molar-refractivity contribution in [2.75, 3.05) is 0 Å². The Bertz CT molecular complexity index is 1450. The Morgan fingerprint density at radius 2 is 1.70 bits per heavy atom. The molecule has 0 spiro atoms. The Labute approximate surface area is 235 Å². The van der Waals surface area contributed by atoms with Crippen LogP contribution >= 0.6 is 0 Å². The quantitative estimate of drug-likeness (QED) is 0.377. The maximum absolute atomic E-state index is 16.2. The van der Waals surface area contributed by atoms with Crippen molar-refractivity contribution in [1.29, 1.82) is 0 Å². The molecule has 0 amide bonds. The van der Waals surface area contributed by atoms with E-state index in [4.69, 9.17) is 9.31 Å². The molecular weight excluding hydrogens is 506 g/mol. The van der Waals surface area contributed by atoms with E-state index >= 15 is 4.39 Å². The van der Waals surface area contributed by atoms with Gasteiger partial charge < -0.3 is 19.5 Å². The highest BCUT2D eigenvalue weighted by atomic mass is 19.1. The number of hydrogen-bond donors (Lipinski definition) is 2. The molecule has 2 saturated carbocycles. The summed E-state index contributed by atoms with van der Waals surface area (Å²) in [5.74, 6) is -0.358. The number of rotatable bonds is 3. The Balaban J connectivity index is 1.44. The lowest BCUT2D eigenvalue weighted by atomic mass is 9.48. The van der Waals surface area contributed by atoms with Crippen LogP contribution in [0.5, 0.6) is 0 Å². The van der Waals surface area contributed by atoms with Gasteiger partial charge in [0.2, 0.25) is 0 Å². The van der Waals surface area contributed by atoms with E-state index in [1.165, 1.54) is 23.3 Å². The van der Waals surface area contributed by atoms with Crippen LogP contribution in [0.4, 0.5) is 4.39 Å². The van der Waals surface area contributed by atoms with Crippen molar-refractivity contribution >= 4 is 24.6 Å². The number of aliphatic hydroxyl groups is 1. The van der Waals surface area contributed by atoms with E-state index in [0.717, 1.165) is 54.8 Å². The molecule has 4 aliphatic carbocycles. The molecule has 6 atom stereocenters. The Morgan fingerprint density at radius 3 is 2.40 bits per heavy atom. The first kappa shape index (κ1) is 26.4. The molecule has 5 aliphatic rings. The number of aliphatic hydroxyl groups excluding tert-OH is 1. The number of fused-ring (bicyclic) bond motifs is 5. The van der Waals surface area contributed by atoms with Crippen LogP contribution in [0.3, 0.4) is 0 Å². The SMILES string of the molecule is CC1(C)OB(c2cc3c4c(c2)-c2cc(/C=C/C(=O)O)cc(F)c2[C@@H]2C[C@]5(C)[C@@H](O)CC[C@H]5[C@H](CC3)C42)OC1(C)C. The van der Waals surface area contributed by atoms with Crippen molar-refractivity contribution < 1.29 is 28.7 Å². The number of carbonyl (C=O) groups is 1. The average Bonchev–Trinajstić information content (AvgIpc) is 3.30. The molecule has 40 heavy (non-hydrogen) atoms. The number of aliphatic carboxylic acids is 1. The number of benzene rings is 2. The first-order valence-electron chi connectivity index (χ1n) is 14.8. The number of halogens is 1. The van der Waals surface area contributed by atoms with E-state index in [1.54, 1.807) is 0 Å². The summed E-state index contributed by atoms with van der Waals surface area (Å²) >= 11 is 0. The van der Waals surface area contributed by atoms with E-state index < -0.39 is 24.3 Å². The van der Waals surface area contributed by atoms with Gasteiger partial charge in [0, 0.05) is 6.08 Å². The first-order valence-corrected chi connectivity index (χ1v) is 14.8. The molecule has 1 heterocycles. The molecule has 0 bridgehead atoms. The van der Waals surface area contributed by atoms with Crippen molar-refractivity contribution in [1.82, 2.24) is 0 Å². The van der Waals surface area contributed by atoms with Crippen LogP contribution in [0.2, 0.25) is 0 Å². The average molecular weight is 544 g/mol. The van der Waals surface area contributed by atoms with Crippen LogP contribution in [0.15, 0.2) is 30.3 Å². The van der Waals surface area contributed by atoms with Crippen molar-refractivity contribution in [3.05, 3.63) is 58.4 Å². The molecular formula is C33H38BFO5. The van der Waals surface area contributed by atoms with Crippen LogP contribution in [0.1, 0.15) is 94.4 Å². The Kier molecular flexibility index (Phi) is 5.63. The van der Waals surface area contributed by atoms with E-state index in [9.17, 15) is 15.0 Å². The third kappa shape index (κ3) is 3.60.